The summed E-state index contributed by atoms with van der Waals surface area (Å²) in [6.07, 6.45) is 0.162. The lowest BCUT2D eigenvalue weighted by molar-refractivity contribution is -0.137. The molecule has 0 aliphatic rings. The van der Waals surface area contributed by atoms with Crippen molar-refractivity contribution in [2.24, 2.45) is 0 Å². The Hall–Kier alpha value is -1.51. The van der Waals surface area contributed by atoms with Crippen molar-refractivity contribution in [3.63, 3.8) is 0 Å². The van der Waals surface area contributed by atoms with Crippen LogP contribution in [0.1, 0.15) is 48.4 Å². The van der Waals surface area contributed by atoms with Crippen LogP contribution >= 0.6 is 0 Å². The number of rotatable bonds is 5. The van der Waals surface area contributed by atoms with E-state index in [1.54, 1.807) is 0 Å². The Morgan fingerprint density at radius 3 is 2.44 bits per heavy atom. The van der Waals surface area contributed by atoms with Crippen LogP contribution in [-0.4, -0.2) is 17.7 Å². The quantitative estimate of drug-likeness (QED) is 0.868. The van der Waals surface area contributed by atoms with Gasteiger partial charge in [0.25, 0.3) is 0 Å². The van der Waals surface area contributed by atoms with E-state index >= 15 is 0 Å². The lowest BCUT2D eigenvalue weighted by atomic mass is 9.87. The molecule has 0 aliphatic heterocycles. The van der Waals surface area contributed by atoms with Gasteiger partial charge < -0.3 is 9.84 Å². The average Bonchev–Trinajstić information content (AvgIpc) is 2.24. The third kappa shape index (κ3) is 3.03. The van der Waals surface area contributed by atoms with Crippen molar-refractivity contribution < 1.29 is 14.6 Å². The van der Waals surface area contributed by atoms with Crippen LogP contribution < -0.4 is 4.74 Å². The largest absolute Gasteiger partial charge is 0.494 e. The molecule has 0 saturated heterocycles. The Balaban J connectivity index is 3.21. The van der Waals surface area contributed by atoms with E-state index < -0.39 is 5.97 Å². The topological polar surface area (TPSA) is 46.5 Å². The van der Waals surface area contributed by atoms with E-state index in [4.69, 9.17) is 9.84 Å². The van der Waals surface area contributed by atoms with E-state index in [1.807, 2.05) is 40.7 Å². The molecule has 0 spiro atoms. The van der Waals surface area contributed by atoms with Crippen molar-refractivity contribution in [1.82, 2.24) is 0 Å². The van der Waals surface area contributed by atoms with Crippen LogP contribution in [0, 0.1) is 20.8 Å². The van der Waals surface area contributed by atoms with Gasteiger partial charge in [-0.1, -0.05) is 6.92 Å². The first-order valence-corrected chi connectivity index (χ1v) is 6.33. The molecule has 1 rings (SSSR count). The maximum absolute atomic E-state index is 10.8. The summed E-state index contributed by atoms with van der Waals surface area (Å²) in [5, 5.41) is 8.91. The molecule has 100 valence electrons. The van der Waals surface area contributed by atoms with Crippen molar-refractivity contribution in [2.45, 2.75) is 47.0 Å². The number of hydrogen-bond donors (Lipinski definition) is 1. The molecule has 3 heteroatoms. The molecule has 0 radical (unpaired) electrons. The Morgan fingerprint density at radius 1 is 1.33 bits per heavy atom. The first-order chi connectivity index (χ1) is 8.38. The second kappa shape index (κ2) is 5.89. The normalized spacial score (nSPS) is 12.3. The van der Waals surface area contributed by atoms with Crippen LogP contribution in [0.2, 0.25) is 0 Å². The summed E-state index contributed by atoms with van der Waals surface area (Å²) in [5.74, 6) is 0.170. The molecule has 1 aromatic rings. The van der Waals surface area contributed by atoms with E-state index in [0.29, 0.717) is 6.61 Å². The summed E-state index contributed by atoms with van der Waals surface area (Å²) in [4.78, 5) is 10.8. The van der Waals surface area contributed by atoms with Crippen molar-refractivity contribution in [1.29, 1.82) is 0 Å². The van der Waals surface area contributed by atoms with Crippen LogP contribution in [0.15, 0.2) is 6.07 Å². The summed E-state index contributed by atoms with van der Waals surface area (Å²) < 4.78 is 5.60. The van der Waals surface area contributed by atoms with E-state index in [-0.39, 0.29) is 12.3 Å². The van der Waals surface area contributed by atoms with Gasteiger partial charge in [-0.25, -0.2) is 0 Å². The van der Waals surface area contributed by atoms with Crippen molar-refractivity contribution >= 4 is 5.97 Å². The molecule has 0 amide bonds. The minimum Gasteiger partial charge on any atom is -0.494 e. The second-order valence-electron chi connectivity index (χ2n) is 4.79. The molecule has 0 aliphatic carbocycles. The summed E-state index contributed by atoms with van der Waals surface area (Å²) in [7, 11) is 0. The third-order valence-corrected chi connectivity index (χ3v) is 3.38. The lowest BCUT2D eigenvalue weighted by Crippen LogP contribution is -2.08. The smallest absolute Gasteiger partial charge is 0.303 e. The van der Waals surface area contributed by atoms with Gasteiger partial charge in [-0.15, -0.1) is 0 Å². The fourth-order valence-corrected chi connectivity index (χ4v) is 2.49. The van der Waals surface area contributed by atoms with Gasteiger partial charge in [0.05, 0.1) is 13.0 Å². The van der Waals surface area contributed by atoms with Gasteiger partial charge in [-0.3, -0.25) is 4.79 Å². The molecule has 0 fully saturated rings. The zero-order valence-electron chi connectivity index (χ0n) is 11.8. The van der Waals surface area contributed by atoms with Gasteiger partial charge in [0.2, 0.25) is 0 Å². The zero-order valence-corrected chi connectivity index (χ0v) is 11.8. The summed E-state index contributed by atoms with van der Waals surface area (Å²) in [6, 6.07) is 2.01. The van der Waals surface area contributed by atoms with Crippen molar-refractivity contribution in [3.8, 4) is 5.75 Å². The highest BCUT2D eigenvalue weighted by Gasteiger charge is 2.18. The highest BCUT2D eigenvalue weighted by atomic mass is 16.5. The number of carboxylic acid groups (broad SMARTS) is 1. The maximum Gasteiger partial charge on any atom is 0.303 e. The van der Waals surface area contributed by atoms with Gasteiger partial charge in [0.1, 0.15) is 5.75 Å². The average molecular weight is 250 g/mol. The van der Waals surface area contributed by atoms with Crippen LogP contribution in [-0.2, 0) is 4.79 Å². The monoisotopic (exact) mass is 250 g/mol. The lowest BCUT2D eigenvalue weighted by Gasteiger charge is -2.20. The van der Waals surface area contributed by atoms with Crippen LogP contribution in [0.4, 0.5) is 0 Å². The van der Waals surface area contributed by atoms with Crippen molar-refractivity contribution in [3.05, 3.63) is 28.3 Å². The molecule has 3 nitrogen and oxygen atoms in total. The highest BCUT2D eigenvalue weighted by Crippen LogP contribution is 2.33. The number of benzene rings is 1. The fraction of sp³-hybridized carbons (Fsp3) is 0.533. The predicted octanol–water partition coefficient (Wildman–Crippen LogP) is 3.59. The number of hydrogen-bond acceptors (Lipinski definition) is 2. The second-order valence-corrected chi connectivity index (χ2v) is 4.79. The SMILES string of the molecule is CCOc1cc(C)c(C(C)CC(=O)O)c(C)c1C. The van der Waals surface area contributed by atoms with E-state index in [0.717, 1.165) is 28.0 Å². The zero-order chi connectivity index (χ0) is 13.9. The summed E-state index contributed by atoms with van der Waals surface area (Å²) in [6.45, 7) is 10.6. The molecular formula is C15H22O3. The fourth-order valence-electron chi connectivity index (χ4n) is 2.49. The first-order valence-electron chi connectivity index (χ1n) is 6.33. The third-order valence-electron chi connectivity index (χ3n) is 3.38. The first kappa shape index (κ1) is 14.6. The Morgan fingerprint density at radius 2 is 1.94 bits per heavy atom. The Labute approximate surface area is 109 Å². The van der Waals surface area contributed by atoms with Crippen molar-refractivity contribution in [2.75, 3.05) is 6.61 Å². The van der Waals surface area contributed by atoms with Gasteiger partial charge in [-0.05, 0) is 61.9 Å². The van der Waals surface area contributed by atoms with Gasteiger partial charge in [0.15, 0.2) is 0 Å². The molecule has 1 aromatic carbocycles. The summed E-state index contributed by atoms with van der Waals surface area (Å²) >= 11 is 0. The predicted molar refractivity (Wildman–Crippen MR) is 72.5 cm³/mol. The number of aryl methyl sites for hydroxylation is 1. The standard InChI is InChI=1S/C15H22O3/c1-6-18-13-7-9(2)15(12(5)11(13)4)10(3)8-14(16)17/h7,10H,6,8H2,1-5H3,(H,16,17). The molecule has 1 N–H and O–H groups in total. The maximum atomic E-state index is 10.8. The van der Waals surface area contributed by atoms with E-state index in [2.05, 4.69) is 0 Å². The minimum absolute atomic E-state index is 0.0249. The molecule has 18 heavy (non-hydrogen) atoms. The molecule has 1 atom stereocenters. The molecule has 0 saturated carbocycles. The van der Waals surface area contributed by atoms with Gasteiger partial charge >= 0.3 is 5.97 Å². The minimum atomic E-state index is -0.757. The van der Waals surface area contributed by atoms with Crippen LogP contribution in [0.3, 0.4) is 0 Å². The number of carboxylic acids is 1. The molecule has 1 unspecified atom stereocenters. The van der Waals surface area contributed by atoms with E-state index in [9.17, 15) is 4.79 Å². The number of ether oxygens (including phenoxy) is 1. The van der Waals surface area contributed by atoms with Crippen LogP contribution in [0.25, 0.3) is 0 Å². The van der Waals surface area contributed by atoms with Gasteiger partial charge in [0, 0.05) is 0 Å². The number of carbonyl (C=O) groups is 1. The molecule has 0 heterocycles. The highest BCUT2D eigenvalue weighted by molar-refractivity contribution is 5.68. The Bertz CT molecular complexity index is 450. The molecule has 0 bridgehead atoms. The Kier molecular flexibility index (Phi) is 4.76. The summed E-state index contributed by atoms with van der Waals surface area (Å²) in [5.41, 5.74) is 4.50. The molecular weight excluding hydrogens is 228 g/mol. The van der Waals surface area contributed by atoms with Crippen LogP contribution in [0.5, 0.6) is 5.75 Å². The molecule has 0 aromatic heterocycles. The van der Waals surface area contributed by atoms with E-state index in [1.165, 1.54) is 0 Å². The van der Waals surface area contributed by atoms with Gasteiger partial charge in [-0.2, -0.15) is 0 Å². The number of aliphatic carboxylic acids is 1.